The minimum Gasteiger partial charge on any atom is -0.284 e. The number of para-hydroxylation sites is 1. The van der Waals surface area contributed by atoms with Crippen molar-refractivity contribution >= 4 is 21.0 Å². The van der Waals surface area contributed by atoms with Gasteiger partial charge in [0.2, 0.25) is 0 Å². The van der Waals surface area contributed by atoms with Crippen LogP contribution in [0.4, 0.5) is 0 Å². The van der Waals surface area contributed by atoms with Gasteiger partial charge in [0.25, 0.3) is 0 Å². The van der Waals surface area contributed by atoms with Crippen LogP contribution in [0.25, 0.3) is 22.0 Å². The predicted octanol–water partition coefficient (Wildman–Crippen LogP) is 4.43. The highest BCUT2D eigenvalue weighted by Gasteiger charge is 2.19. The molecule has 0 spiro atoms. The highest BCUT2D eigenvalue weighted by molar-refractivity contribution is 7.87. The van der Waals surface area contributed by atoms with E-state index >= 15 is 0 Å². The molecule has 0 aliphatic heterocycles. The molecule has 0 atom stereocenters. The van der Waals surface area contributed by atoms with E-state index in [1.807, 2.05) is 61.5 Å². The molecule has 4 nitrogen and oxygen atoms in total. The number of hydrogen-bond donors (Lipinski definition) is 0. The van der Waals surface area contributed by atoms with Crippen LogP contribution >= 0.6 is 0 Å². The van der Waals surface area contributed by atoms with E-state index in [9.17, 15) is 8.42 Å². The van der Waals surface area contributed by atoms with Gasteiger partial charge in [0, 0.05) is 10.9 Å². The van der Waals surface area contributed by atoms with Crippen LogP contribution in [0.1, 0.15) is 5.56 Å². The van der Waals surface area contributed by atoms with Gasteiger partial charge in [0.15, 0.2) is 0 Å². The second-order valence-corrected chi connectivity index (χ2v) is 7.62. The Morgan fingerprint density at radius 3 is 2.19 bits per heavy atom. The zero-order valence-corrected chi connectivity index (χ0v) is 15.0. The highest BCUT2D eigenvalue weighted by atomic mass is 32.2. The van der Waals surface area contributed by atoms with Crippen LogP contribution in [0.2, 0.25) is 0 Å². The van der Waals surface area contributed by atoms with Crippen LogP contribution < -0.4 is 4.28 Å². The summed E-state index contributed by atoms with van der Waals surface area (Å²) in [6, 6.07) is 24.0. The van der Waals surface area contributed by atoms with E-state index < -0.39 is 10.1 Å². The largest absolute Gasteiger partial charge is 0.357 e. The number of nitrogens with zero attached hydrogens (tertiary/aromatic N) is 1. The van der Waals surface area contributed by atoms with Gasteiger partial charge in [0.1, 0.15) is 4.90 Å². The summed E-state index contributed by atoms with van der Waals surface area (Å²) in [6.07, 6.45) is 1.71. The van der Waals surface area contributed by atoms with Crippen molar-refractivity contribution in [3.8, 4) is 11.1 Å². The second kappa shape index (κ2) is 6.35. The zero-order chi connectivity index (χ0) is 18.1. The number of fused-ring (bicyclic) bond motifs is 1. The van der Waals surface area contributed by atoms with Crippen LogP contribution in [0, 0.1) is 6.92 Å². The summed E-state index contributed by atoms with van der Waals surface area (Å²) in [5.41, 5.74) is 3.60. The van der Waals surface area contributed by atoms with Gasteiger partial charge in [-0.3, -0.25) is 4.28 Å². The summed E-state index contributed by atoms with van der Waals surface area (Å²) in [6.45, 7) is 1.91. The van der Waals surface area contributed by atoms with E-state index in [1.165, 1.54) is 4.73 Å². The molecule has 0 bridgehead atoms. The molecule has 0 saturated heterocycles. The summed E-state index contributed by atoms with van der Waals surface area (Å²) < 4.78 is 32.1. The molecule has 0 fully saturated rings. The van der Waals surface area contributed by atoms with Gasteiger partial charge >= 0.3 is 10.1 Å². The van der Waals surface area contributed by atoms with Crippen molar-refractivity contribution in [2.24, 2.45) is 0 Å². The molecule has 130 valence electrons. The summed E-state index contributed by atoms with van der Waals surface area (Å²) in [5, 5.41) is 0.929. The quantitative estimate of drug-likeness (QED) is 0.539. The summed E-state index contributed by atoms with van der Waals surface area (Å²) in [7, 11) is -3.93. The topological polar surface area (TPSA) is 48.3 Å². The average Bonchev–Trinajstić information content (AvgIpc) is 3.01. The average molecular weight is 363 g/mol. The molecular weight excluding hydrogens is 346 g/mol. The van der Waals surface area contributed by atoms with E-state index in [2.05, 4.69) is 0 Å². The van der Waals surface area contributed by atoms with Crippen molar-refractivity contribution in [3.63, 3.8) is 0 Å². The molecule has 0 unspecified atom stereocenters. The third-order valence-electron chi connectivity index (χ3n) is 4.25. The molecule has 1 heterocycles. The molecule has 0 amide bonds. The van der Waals surface area contributed by atoms with Crippen LogP contribution in [-0.2, 0) is 10.1 Å². The fourth-order valence-electron chi connectivity index (χ4n) is 2.91. The van der Waals surface area contributed by atoms with Gasteiger partial charge in [-0.25, -0.2) is 0 Å². The van der Waals surface area contributed by atoms with E-state index in [-0.39, 0.29) is 4.90 Å². The Labute approximate surface area is 152 Å². The van der Waals surface area contributed by atoms with E-state index in [0.717, 1.165) is 22.1 Å². The minimum atomic E-state index is -3.93. The second-order valence-electron chi connectivity index (χ2n) is 6.09. The van der Waals surface area contributed by atoms with Crippen molar-refractivity contribution in [1.29, 1.82) is 0 Å². The molecule has 5 heteroatoms. The fraction of sp³-hybridized carbons (Fsp3) is 0.0476. The van der Waals surface area contributed by atoms with Gasteiger partial charge in [-0.05, 0) is 30.7 Å². The van der Waals surface area contributed by atoms with Crippen LogP contribution in [0.5, 0.6) is 0 Å². The molecule has 26 heavy (non-hydrogen) atoms. The molecule has 0 aliphatic carbocycles. The molecule has 0 aliphatic rings. The first-order valence-corrected chi connectivity index (χ1v) is 9.62. The Bertz CT molecular complexity index is 1160. The molecule has 0 radical (unpaired) electrons. The Hall–Kier alpha value is -3.05. The number of hydrogen-bond acceptors (Lipinski definition) is 3. The maximum atomic E-state index is 12.7. The number of aromatic nitrogens is 1. The normalized spacial score (nSPS) is 11.6. The molecule has 4 aromatic rings. The lowest BCUT2D eigenvalue weighted by Crippen LogP contribution is -2.19. The maximum absolute atomic E-state index is 12.7. The maximum Gasteiger partial charge on any atom is 0.357 e. The molecule has 0 N–H and O–H groups in total. The third-order valence-corrected chi connectivity index (χ3v) is 5.46. The van der Waals surface area contributed by atoms with Crippen LogP contribution in [-0.4, -0.2) is 13.1 Å². The minimum absolute atomic E-state index is 0.127. The Morgan fingerprint density at radius 1 is 0.808 bits per heavy atom. The number of rotatable bonds is 4. The number of benzene rings is 3. The van der Waals surface area contributed by atoms with Gasteiger partial charge in [-0.2, -0.15) is 13.1 Å². The Balaban J connectivity index is 1.81. The summed E-state index contributed by atoms with van der Waals surface area (Å²) in [5.74, 6) is 0. The predicted molar refractivity (Wildman–Crippen MR) is 102 cm³/mol. The van der Waals surface area contributed by atoms with E-state index in [4.69, 9.17) is 4.28 Å². The van der Waals surface area contributed by atoms with Gasteiger partial charge in [0.05, 0.1) is 11.7 Å². The molecule has 0 saturated carbocycles. The highest BCUT2D eigenvalue weighted by Crippen LogP contribution is 2.30. The molecule has 4 rings (SSSR count). The monoisotopic (exact) mass is 363 g/mol. The molecule has 1 aromatic heterocycles. The van der Waals surface area contributed by atoms with Gasteiger partial charge in [-0.15, -0.1) is 0 Å². The zero-order valence-electron chi connectivity index (χ0n) is 14.2. The van der Waals surface area contributed by atoms with Crippen LogP contribution in [0.15, 0.2) is 90.0 Å². The smallest absolute Gasteiger partial charge is 0.284 e. The Kier molecular flexibility index (Phi) is 4.01. The van der Waals surface area contributed by atoms with Crippen molar-refractivity contribution in [2.75, 3.05) is 0 Å². The first-order chi connectivity index (χ1) is 12.5. The fourth-order valence-corrected chi connectivity index (χ4v) is 3.80. The summed E-state index contributed by atoms with van der Waals surface area (Å²) >= 11 is 0. The first kappa shape index (κ1) is 16.4. The van der Waals surface area contributed by atoms with Crippen molar-refractivity contribution in [3.05, 3.63) is 90.6 Å². The van der Waals surface area contributed by atoms with Gasteiger partial charge in [-0.1, -0.05) is 66.2 Å². The Morgan fingerprint density at radius 2 is 1.46 bits per heavy atom. The van der Waals surface area contributed by atoms with Gasteiger partial charge < -0.3 is 0 Å². The lowest BCUT2D eigenvalue weighted by Gasteiger charge is -2.08. The van der Waals surface area contributed by atoms with E-state index in [0.29, 0.717) is 5.52 Å². The number of aryl methyl sites for hydroxylation is 1. The van der Waals surface area contributed by atoms with E-state index in [1.54, 1.807) is 30.5 Å². The van der Waals surface area contributed by atoms with Crippen molar-refractivity contribution in [2.45, 2.75) is 11.8 Å². The lowest BCUT2D eigenvalue weighted by molar-refractivity contribution is 0.293. The lowest BCUT2D eigenvalue weighted by atomic mass is 10.1. The van der Waals surface area contributed by atoms with Crippen molar-refractivity contribution < 1.29 is 12.7 Å². The third kappa shape index (κ3) is 2.97. The standard InChI is InChI=1S/C21H17NO3S/c1-16-11-13-18(14-12-16)26(23,24)25-22-15-20(17-7-3-2-4-8-17)19-9-5-6-10-21(19)22/h2-15H,1H3. The summed E-state index contributed by atoms with van der Waals surface area (Å²) in [4.78, 5) is 0.127. The van der Waals surface area contributed by atoms with Crippen LogP contribution in [0.3, 0.4) is 0 Å². The first-order valence-electron chi connectivity index (χ1n) is 8.22. The molecule has 3 aromatic carbocycles. The molecular formula is C21H17NO3S. The SMILES string of the molecule is Cc1ccc(S(=O)(=O)On2cc(-c3ccccc3)c3ccccc32)cc1. The van der Waals surface area contributed by atoms with Crippen molar-refractivity contribution in [1.82, 2.24) is 4.73 Å².